The molecule has 1 N–H and O–H groups in total. The Hall–Kier alpha value is -1.88. The first-order chi connectivity index (χ1) is 11.2. The normalized spacial score (nSPS) is 27.8. The molecular formula is C18H22FN3O. The molecule has 0 aromatic heterocycles. The molecule has 0 bridgehead atoms. The van der Waals surface area contributed by atoms with Crippen molar-refractivity contribution >= 4 is 5.91 Å². The van der Waals surface area contributed by atoms with Crippen molar-refractivity contribution in [2.24, 2.45) is 5.92 Å². The number of hydrazine groups is 1. The molecule has 0 radical (unpaired) electrons. The first kappa shape index (κ1) is 14.7. The molecule has 2 unspecified atom stereocenters. The lowest BCUT2D eigenvalue weighted by Gasteiger charge is -2.33. The lowest BCUT2D eigenvalue weighted by atomic mass is 10.0. The predicted molar refractivity (Wildman–Crippen MR) is 85.3 cm³/mol. The van der Waals surface area contributed by atoms with E-state index in [1.807, 2.05) is 22.3 Å². The fourth-order valence-electron chi connectivity index (χ4n) is 3.97. The van der Waals surface area contributed by atoms with Gasteiger partial charge in [-0.15, -0.1) is 0 Å². The van der Waals surface area contributed by atoms with Crippen LogP contribution in [0.25, 0.3) is 0 Å². The van der Waals surface area contributed by atoms with E-state index in [0.717, 1.165) is 18.5 Å². The number of rotatable bonds is 3. The lowest BCUT2D eigenvalue weighted by Crippen LogP contribution is -2.48. The predicted octanol–water partition coefficient (Wildman–Crippen LogP) is 2.95. The largest absolute Gasteiger partial charge is 0.315 e. The molecule has 1 saturated carbocycles. The van der Waals surface area contributed by atoms with Gasteiger partial charge in [0.2, 0.25) is 0 Å². The van der Waals surface area contributed by atoms with Gasteiger partial charge in [-0.3, -0.25) is 4.79 Å². The Morgan fingerprint density at radius 1 is 1.13 bits per heavy atom. The van der Waals surface area contributed by atoms with Crippen LogP contribution in [0.5, 0.6) is 0 Å². The summed E-state index contributed by atoms with van der Waals surface area (Å²) in [4.78, 5) is 14.7. The second-order valence-corrected chi connectivity index (χ2v) is 6.83. The number of benzene rings is 1. The number of hydrogen-bond donors (Lipinski definition) is 1. The molecule has 1 aromatic carbocycles. The van der Waals surface area contributed by atoms with Crippen LogP contribution in [0.15, 0.2) is 36.7 Å². The van der Waals surface area contributed by atoms with Crippen LogP contribution in [0.4, 0.5) is 4.39 Å². The summed E-state index contributed by atoms with van der Waals surface area (Å²) in [6.07, 6.45) is 9.64. The summed E-state index contributed by atoms with van der Waals surface area (Å²) >= 11 is 0. The molecule has 1 amide bonds. The van der Waals surface area contributed by atoms with Gasteiger partial charge >= 0.3 is 0 Å². The highest BCUT2D eigenvalue weighted by atomic mass is 19.1. The van der Waals surface area contributed by atoms with Crippen LogP contribution in [0.3, 0.4) is 0 Å². The molecule has 2 aliphatic heterocycles. The van der Waals surface area contributed by atoms with Gasteiger partial charge in [0.05, 0.1) is 6.04 Å². The number of hydrogen-bond acceptors (Lipinski definition) is 3. The standard InChI is InChI=1S/C18H22FN3O/c19-15-7-5-14(6-8-15)16-11-17-18(23)21(9-10-22(17)20-16)12-13-3-1-2-4-13/h5-10,13,16-17,20H,1-4,11-12H2. The maximum Gasteiger partial charge on any atom is 0.250 e. The highest BCUT2D eigenvalue weighted by Crippen LogP contribution is 2.32. The Bertz CT molecular complexity index is 609. The van der Waals surface area contributed by atoms with Gasteiger partial charge in [0.25, 0.3) is 5.91 Å². The highest BCUT2D eigenvalue weighted by molar-refractivity contribution is 5.84. The van der Waals surface area contributed by atoms with E-state index in [9.17, 15) is 9.18 Å². The van der Waals surface area contributed by atoms with Gasteiger partial charge in [-0.25, -0.2) is 9.82 Å². The number of amides is 1. The second-order valence-electron chi connectivity index (χ2n) is 6.83. The zero-order chi connectivity index (χ0) is 15.8. The number of nitrogens with one attached hydrogen (secondary N) is 1. The van der Waals surface area contributed by atoms with Gasteiger partial charge in [0, 0.05) is 18.9 Å². The van der Waals surface area contributed by atoms with Crippen molar-refractivity contribution < 1.29 is 9.18 Å². The fourth-order valence-corrected chi connectivity index (χ4v) is 3.97. The van der Waals surface area contributed by atoms with Crippen LogP contribution in [-0.4, -0.2) is 28.4 Å². The number of halogens is 1. The molecule has 1 saturated heterocycles. The quantitative estimate of drug-likeness (QED) is 0.931. The SMILES string of the molecule is O=C1C2CC(c3ccc(F)cc3)NN2C=CN1CC1CCCC1. The minimum atomic E-state index is -0.233. The minimum absolute atomic E-state index is 0.0561. The van der Waals surface area contributed by atoms with E-state index in [-0.39, 0.29) is 23.8 Å². The van der Waals surface area contributed by atoms with Crippen LogP contribution in [0.1, 0.15) is 43.7 Å². The Morgan fingerprint density at radius 2 is 1.87 bits per heavy atom. The van der Waals surface area contributed by atoms with Gasteiger partial charge in [0.15, 0.2) is 0 Å². The third kappa shape index (κ3) is 2.85. The summed E-state index contributed by atoms with van der Waals surface area (Å²) in [5, 5.41) is 1.90. The van der Waals surface area contributed by atoms with Gasteiger partial charge in [0.1, 0.15) is 11.9 Å². The molecule has 4 rings (SSSR count). The molecule has 5 heteroatoms. The molecule has 1 aliphatic carbocycles. The van der Waals surface area contributed by atoms with E-state index >= 15 is 0 Å². The molecule has 23 heavy (non-hydrogen) atoms. The van der Waals surface area contributed by atoms with Crippen molar-refractivity contribution in [3.8, 4) is 0 Å². The summed E-state index contributed by atoms with van der Waals surface area (Å²) in [5.41, 5.74) is 4.37. The van der Waals surface area contributed by atoms with Crippen LogP contribution >= 0.6 is 0 Å². The average molecular weight is 315 g/mol. The van der Waals surface area contributed by atoms with Crippen molar-refractivity contribution in [1.29, 1.82) is 0 Å². The smallest absolute Gasteiger partial charge is 0.250 e. The molecule has 1 aromatic rings. The monoisotopic (exact) mass is 315 g/mol. The molecule has 2 atom stereocenters. The summed E-state index contributed by atoms with van der Waals surface area (Å²) in [6.45, 7) is 0.848. The number of carbonyl (C=O) groups is 1. The van der Waals surface area contributed by atoms with Crippen molar-refractivity contribution in [1.82, 2.24) is 15.3 Å². The second kappa shape index (κ2) is 5.96. The molecule has 2 heterocycles. The Morgan fingerprint density at radius 3 is 2.61 bits per heavy atom. The maximum absolute atomic E-state index is 13.1. The van der Waals surface area contributed by atoms with E-state index in [2.05, 4.69) is 5.43 Å². The molecule has 4 nitrogen and oxygen atoms in total. The van der Waals surface area contributed by atoms with Gasteiger partial charge in [-0.05, 0) is 42.9 Å². The van der Waals surface area contributed by atoms with Gasteiger partial charge in [-0.2, -0.15) is 0 Å². The molecular weight excluding hydrogens is 293 g/mol. The summed E-state index contributed by atoms with van der Waals surface area (Å²) < 4.78 is 13.1. The van der Waals surface area contributed by atoms with Crippen LogP contribution in [0.2, 0.25) is 0 Å². The van der Waals surface area contributed by atoms with Gasteiger partial charge < -0.3 is 9.91 Å². The number of carbonyl (C=O) groups excluding carboxylic acids is 1. The van der Waals surface area contributed by atoms with Crippen LogP contribution in [-0.2, 0) is 4.79 Å². The topological polar surface area (TPSA) is 35.6 Å². The highest BCUT2D eigenvalue weighted by Gasteiger charge is 2.40. The Kier molecular flexibility index (Phi) is 3.81. The van der Waals surface area contributed by atoms with E-state index in [1.165, 1.54) is 37.8 Å². The lowest BCUT2D eigenvalue weighted by molar-refractivity contribution is -0.135. The summed E-state index contributed by atoms with van der Waals surface area (Å²) in [7, 11) is 0. The van der Waals surface area contributed by atoms with E-state index in [4.69, 9.17) is 0 Å². The molecule has 3 aliphatic rings. The van der Waals surface area contributed by atoms with E-state index < -0.39 is 0 Å². The van der Waals surface area contributed by atoms with Gasteiger partial charge in [-0.1, -0.05) is 25.0 Å². The molecule has 122 valence electrons. The fraction of sp³-hybridized carbons (Fsp3) is 0.500. The Balaban J connectivity index is 1.45. The summed E-state index contributed by atoms with van der Waals surface area (Å²) in [6, 6.07) is 6.42. The maximum atomic E-state index is 13.1. The van der Waals surface area contributed by atoms with Crippen LogP contribution in [0, 0.1) is 11.7 Å². The van der Waals surface area contributed by atoms with Crippen molar-refractivity contribution in [2.45, 2.75) is 44.2 Å². The summed E-state index contributed by atoms with van der Waals surface area (Å²) in [5.74, 6) is 0.595. The van der Waals surface area contributed by atoms with Crippen molar-refractivity contribution in [3.05, 3.63) is 48.0 Å². The average Bonchev–Trinajstić information content (AvgIpc) is 3.20. The number of nitrogens with zero attached hydrogens (tertiary/aromatic N) is 2. The van der Waals surface area contributed by atoms with E-state index in [0.29, 0.717) is 5.92 Å². The zero-order valence-electron chi connectivity index (χ0n) is 13.1. The van der Waals surface area contributed by atoms with E-state index in [1.54, 1.807) is 12.1 Å². The van der Waals surface area contributed by atoms with Crippen molar-refractivity contribution in [2.75, 3.05) is 6.54 Å². The first-order valence-electron chi connectivity index (χ1n) is 8.49. The third-order valence-electron chi connectivity index (χ3n) is 5.28. The Labute approximate surface area is 135 Å². The van der Waals surface area contributed by atoms with Crippen molar-refractivity contribution in [3.63, 3.8) is 0 Å². The van der Waals surface area contributed by atoms with Crippen LogP contribution < -0.4 is 5.43 Å². The first-order valence-corrected chi connectivity index (χ1v) is 8.49. The minimum Gasteiger partial charge on any atom is -0.315 e. The molecule has 2 fully saturated rings. The third-order valence-corrected chi connectivity index (χ3v) is 5.28. The molecule has 0 spiro atoms. The number of fused-ring (bicyclic) bond motifs is 1. The zero-order valence-corrected chi connectivity index (χ0v) is 13.1.